The molecule has 0 saturated carbocycles. The minimum Gasteiger partial charge on any atom is -0.218 e. The van der Waals surface area contributed by atoms with E-state index in [-0.39, 0.29) is 11.1 Å². The van der Waals surface area contributed by atoms with Crippen LogP contribution in [-0.2, 0) is 5.67 Å². The summed E-state index contributed by atoms with van der Waals surface area (Å²) in [6, 6.07) is 2.58. The van der Waals surface area contributed by atoms with E-state index in [1.54, 1.807) is 0 Å². The van der Waals surface area contributed by atoms with Crippen molar-refractivity contribution in [1.29, 1.82) is 0 Å². The molecule has 2 unspecified atom stereocenters. The fraction of sp³-hybridized carbons (Fsp3) is 0.538. The average molecular weight is 460 g/mol. The predicted octanol–water partition coefficient (Wildman–Crippen LogP) is 6.89. The van der Waals surface area contributed by atoms with E-state index < -0.39 is 33.2 Å². The second kappa shape index (κ2) is 6.30. The van der Waals surface area contributed by atoms with Crippen LogP contribution in [0, 0.1) is 0 Å². The minimum absolute atomic E-state index is 0.120. The normalized spacial score (nSPS) is 16.5. The van der Waals surface area contributed by atoms with Gasteiger partial charge in [-0.2, -0.15) is 26.3 Å². The van der Waals surface area contributed by atoms with Crippen molar-refractivity contribution in [1.82, 2.24) is 0 Å². The fourth-order valence-corrected chi connectivity index (χ4v) is 2.35. The Labute approximate surface area is 139 Å². The van der Waals surface area contributed by atoms with Crippen molar-refractivity contribution in [3.05, 3.63) is 34.9 Å². The molecule has 0 saturated heterocycles. The molecule has 1 aromatic carbocycles. The summed E-state index contributed by atoms with van der Waals surface area (Å²) in [4.78, 5) is -1.08. The molecule has 2 atom stereocenters. The van der Waals surface area contributed by atoms with Crippen molar-refractivity contribution >= 4 is 31.9 Å². The Balaban J connectivity index is 3.70. The first-order valence-corrected chi connectivity index (χ1v) is 7.80. The number of halogens is 9. The van der Waals surface area contributed by atoms with Gasteiger partial charge in [0.2, 0.25) is 0 Å². The summed E-state index contributed by atoms with van der Waals surface area (Å²) in [6.07, 6.45) is -12.2. The Morgan fingerprint density at radius 3 is 1.27 bits per heavy atom. The van der Waals surface area contributed by atoms with Gasteiger partial charge in [0.1, 0.15) is 0 Å². The van der Waals surface area contributed by atoms with E-state index in [2.05, 4.69) is 31.9 Å². The van der Waals surface area contributed by atoms with Crippen molar-refractivity contribution in [3.63, 3.8) is 0 Å². The van der Waals surface area contributed by atoms with Crippen LogP contribution < -0.4 is 0 Å². The number of hydrogen-bond acceptors (Lipinski definition) is 0. The summed E-state index contributed by atoms with van der Waals surface area (Å²) in [5.74, 6) is 0. The van der Waals surface area contributed by atoms with Gasteiger partial charge >= 0.3 is 18.0 Å². The van der Waals surface area contributed by atoms with E-state index in [4.69, 9.17) is 0 Å². The molecule has 9 heteroatoms. The molecular weight excluding hydrogens is 449 g/mol. The van der Waals surface area contributed by atoms with Gasteiger partial charge in [-0.1, -0.05) is 50.1 Å². The van der Waals surface area contributed by atoms with E-state index in [0.717, 1.165) is 0 Å². The molecular formula is C13H11Br2F7. The lowest BCUT2D eigenvalue weighted by atomic mass is 9.90. The van der Waals surface area contributed by atoms with Gasteiger partial charge in [0.05, 0.1) is 0 Å². The first-order valence-electron chi connectivity index (χ1n) is 5.97. The van der Waals surface area contributed by atoms with Crippen LogP contribution in [0.5, 0.6) is 0 Å². The Kier molecular flexibility index (Phi) is 5.65. The van der Waals surface area contributed by atoms with Crippen molar-refractivity contribution in [2.24, 2.45) is 0 Å². The second-order valence-corrected chi connectivity index (χ2v) is 7.52. The molecule has 0 amide bonds. The van der Waals surface area contributed by atoms with Crippen LogP contribution in [0.2, 0.25) is 0 Å². The zero-order valence-corrected chi connectivity index (χ0v) is 14.5. The van der Waals surface area contributed by atoms with Crippen molar-refractivity contribution in [2.45, 2.75) is 41.5 Å². The fourth-order valence-electron chi connectivity index (χ4n) is 1.82. The SMILES string of the molecule is CC(Br)c1cc(C(C)Br)cc(C(F)(C(F)(F)F)C(F)(F)F)c1. The molecule has 0 nitrogen and oxygen atoms in total. The third-order valence-corrected chi connectivity index (χ3v) is 4.13. The summed E-state index contributed by atoms with van der Waals surface area (Å²) in [7, 11) is 0. The molecule has 0 heterocycles. The molecule has 0 aromatic heterocycles. The van der Waals surface area contributed by atoms with Crippen LogP contribution in [-0.4, -0.2) is 12.4 Å². The first-order chi connectivity index (χ1) is 9.71. The lowest BCUT2D eigenvalue weighted by Crippen LogP contribution is -2.50. The zero-order valence-electron chi connectivity index (χ0n) is 11.3. The number of hydrogen-bond donors (Lipinski definition) is 0. The molecule has 0 aliphatic carbocycles. The summed E-state index contributed by atoms with van der Waals surface area (Å²) >= 11 is 6.13. The molecule has 1 rings (SSSR count). The highest BCUT2D eigenvalue weighted by atomic mass is 79.9. The topological polar surface area (TPSA) is 0 Å². The first kappa shape index (κ1) is 19.7. The predicted molar refractivity (Wildman–Crippen MR) is 76.0 cm³/mol. The van der Waals surface area contributed by atoms with E-state index in [9.17, 15) is 30.7 Å². The quantitative estimate of drug-likeness (QED) is 0.341. The molecule has 0 N–H and O–H groups in total. The highest BCUT2D eigenvalue weighted by Crippen LogP contribution is 2.54. The average Bonchev–Trinajstić information content (AvgIpc) is 2.34. The van der Waals surface area contributed by atoms with E-state index in [1.807, 2.05) is 0 Å². The van der Waals surface area contributed by atoms with Crippen LogP contribution in [0.15, 0.2) is 18.2 Å². The summed E-state index contributed by atoms with van der Waals surface area (Å²) < 4.78 is 91.1. The monoisotopic (exact) mass is 458 g/mol. The van der Waals surface area contributed by atoms with Gasteiger partial charge in [-0.15, -0.1) is 0 Å². The summed E-state index contributed by atoms with van der Waals surface area (Å²) in [6.45, 7) is 3.03. The third kappa shape index (κ3) is 3.60. The smallest absolute Gasteiger partial charge is 0.218 e. The van der Waals surface area contributed by atoms with Gasteiger partial charge in [-0.05, 0) is 25.0 Å². The Hall–Kier alpha value is -0.310. The van der Waals surface area contributed by atoms with Crippen LogP contribution in [0.1, 0.15) is 40.2 Å². The minimum atomic E-state index is -6.12. The number of alkyl halides is 9. The largest absolute Gasteiger partial charge is 0.435 e. The lowest BCUT2D eigenvalue weighted by molar-refractivity contribution is -0.348. The van der Waals surface area contributed by atoms with E-state index >= 15 is 0 Å². The van der Waals surface area contributed by atoms with E-state index in [1.165, 1.54) is 19.9 Å². The number of benzene rings is 1. The lowest BCUT2D eigenvalue weighted by Gasteiger charge is -2.31. The molecule has 0 spiro atoms. The van der Waals surface area contributed by atoms with Gasteiger partial charge in [-0.25, -0.2) is 4.39 Å². The highest BCUT2D eigenvalue weighted by Gasteiger charge is 2.73. The maximum Gasteiger partial charge on any atom is 0.435 e. The molecule has 1 aromatic rings. The van der Waals surface area contributed by atoms with Crippen LogP contribution >= 0.6 is 31.9 Å². The third-order valence-electron chi connectivity index (χ3n) is 3.08. The van der Waals surface area contributed by atoms with Gasteiger partial charge < -0.3 is 0 Å². The zero-order chi connectivity index (χ0) is 17.5. The summed E-state index contributed by atoms with van der Waals surface area (Å²) in [5, 5.41) is 0. The highest BCUT2D eigenvalue weighted by molar-refractivity contribution is 9.09. The van der Waals surface area contributed by atoms with Crippen molar-refractivity contribution in [3.8, 4) is 0 Å². The molecule has 0 radical (unpaired) electrons. The van der Waals surface area contributed by atoms with Crippen LogP contribution in [0.3, 0.4) is 0 Å². The van der Waals surface area contributed by atoms with Crippen LogP contribution in [0.25, 0.3) is 0 Å². The van der Waals surface area contributed by atoms with Gasteiger partial charge in [-0.3, -0.25) is 0 Å². The van der Waals surface area contributed by atoms with Gasteiger partial charge in [0.25, 0.3) is 0 Å². The molecule has 22 heavy (non-hydrogen) atoms. The molecule has 0 fully saturated rings. The maximum absolute atomic E-state index is 14.1. The van der Waals surface area contributed by atoms with Crippen LogP contribution in [0.4, 0.5) is 30.7 Å². The Bertz CT molecular complexity index is 492. The molecule has 0 aliphatic heterocycles. The standard InChI is InChI=1S/C13H11Br2F7/c1-6(14)8-3-9(7(2)15)5-10(4-8)11(16,12(17,18)19)13(20,21)22/h3-7H,1-2H3. The maximum atomic E-state index is 14.1. The van der Waals surface area contributed by atoms with Crippen molar-refractivity contribution in [2.75, 3.05) is 0 Å². The molecule has 0 aliphatic rings. The van der Waals surface area contributed by atoms with E-state index in [0.29, 0.717) is 12.1 Å². The molecule has 126 valence electrons. The Morgan fingerprint density at radius 2 is 1.05 bits per heavy atom. The van der Waals surface area contributed by atoms with Gasteiger partial charge in [0, 0.05) is 15.2 Å². The summed E-state index contributed by atoms with van der Waals surface area (Å²) in [5.41, 5.74) is -6.66. The number of rotatable bonds is 3. The second-order valence-electron chi connectivity index (χ2n) is 4.77. The molecule has 0 bridgehead atoms. The van der Waals surface area contributed by atoms with Crippen molar-refractivity contribution < 1.29 is 30.7 Å². The Morgan fingerprint density at radius 1 is 0.727 bits per heavy atom. The van der Waals surface area contributed by atoms with Gasteiger partial charge in [0.15, 0.2) is 0 Å².